The summed E-state index contributed by atoms with van der Waals surface area (Å²) in [6.45, 7) is 1.19. The topological polar surface area (TPSA) is 17.1 Å². The van der Waals surface area contributed by atoms with Crippen LogP contribution in [-0.2, 0) is 6.18 Å². The lowest BCUT2D eigenvalue weighted by Crippen LogP contribution is -2.15. The van der Waals surface area contributed by atoms with Gasteiger partial charge in [-0.2, -0.15) is 13.2 Å². The van der Waals surface area contributed by atoms with E-state index in [0.717, 1.165) is 0 Å². The number of carbonyl (C=O) groups is 1. The summed E-state index contributed by atoms with van der Waals surface area (Å²) in [4.78, 5) is 11.1. The molecule has 0 saturated heterocycles. The highest BCUT2D eigenvalue weighted by Crippen LogP contribution is 2.33. The van der Waals surface area contributed by atoms with Gasteiger partial charge >= 0.3 is 6.18 Å². The van der Waals surface area contributed by atoms with Crippen LogP contribution in [0.1, 0.15) is 21.5 Å². The summed E-state index contributed by atoms with van der Waals surface area (Å²) in [7, 11) is 0. The van der Waals surface area contributed by atoms with Gasteiger partial charge in [0.25, 0.3) is 0 Å². The van der Waals surface area contributed by atoms with Crippen molar-refractivity contribution in [3.63, 3.8) is 0 Å². The number of halogens is 5. The molecule has 16 heavy (non-hydrogen) atoms. The summed E-state index contributed by atoms with van der Waals surface area (Å²) in [5.74, 6) is -2.43. The van der Waals surface area contributed by atoms with Gasteiger partial charge in [0.05, 0.1) is 11.4 Å². The minimum Gasteiger partial charge on any atom is -0.293 e. The van der Waals surface area contributed by atoms with Crippen molar-refractivity contribution in [2.45, 2.75) is 13.1 Å². The molecule has 0 radical (unpaired) electrons. The Labute approximate surface area is 94.0 Å². The molecule has 1 rings (SSSR count). The zero-order valence-corrected chi connectivity index (χ0v) is 8.92. The summed E-state index contributed by atoms with van der Waals surface area (Å²) in [6.07, 6.45) is -4.70. The largest absolute Gasteiger partial charge is 0.417 e. The van der Waals surface area contributed by atoms with Gasteiger partial charge in [0.2, 0.25) is 0 Å². The Balaban J connectivity index is 3.45. The van der Waals surface area contributed by atoms with E-state index in [1.54, 1.807) is 0 Å². The number of alkyl halides is 4. The number of ketones is 1. The van der Waals surface area contributed by atoms with E-state index in [-0.39, 0.29) is 5.56 Å². The van der Waals surface area contributed by atoms with Gasteiger partial charge in [-0.1, -0.05) is 0 Å². The average Bonchev–Trinajstić information content (AvgIpc) is 2.18. The van der Waals surface area contributed by atoms with Gasteiger partial charge < -0.3 is 0 Å². The van der Waals surface area contributed by atoms with Crippen LogP contribution in [0.25, 0.3) is 0 Å². The van der Waals surface area contributed by atoms with E-state index in [2.05, 4.69) is 0 Å². The van der Waals surface area contributed by atoms with Crippen molar-refractivity contribution in [1.82, 2.24) is 0 Å². The minimum atomic E-state index is -4.70. The normalized spacial score (nSPS) is 11.6. The van der Waals surface area contributed by atoms with Crippen LogP contribution in [0.5, 0.6) is 0 Å². The third-order valence-corrected chi connectivity index (χ3v) is 2.27. The Bertz CT molecular complexity index is 426. The van der Waals surface area contributed by atoms with Crippen LogP contribution in [-0.4, -0.2) is 11.7 Å². The van der Waals surface area contributed by atoms with E-state index in [0.29, 0.717) is 12.1 Å². The van der Waals surface area contributed by atoms with E-state index in [1.807, 2.05) is 0 Å². The number of hydrogen-bond donors (Lipinski definition) is 0. The van der Waals surface area contributed by atoms with E-state index in [4.69, 9.17) is 11.6 Å². The SMILES string of the molecule is Cc1cc(C(F)(F)F)c(C(=O)CCl)cc1F. The van der Waals surface area contributed by atoms with E-state index >= 15 is 0 Å². The highest BCUT2D eigenvalue weighted by atomic mass is 35.5. The molecule has 0 N–H and O–H groups in total. The van der Waals surface area contributed by atoms with Crippen LogP contribution >= 0.6 is 11.6 Å². The lowest BCUT2D eigenvalue weighted by atomic mass is 10.0. The van der Waals surface area contributed by atoms with Crippen molar-refractivity contribution in [3.05, 3.63) is 34.6 Å². The Morgan fingerprint density at radius 3 is 2.38 bits per heavy atom. The predicted octanol–water partition coefficient (Wildman–Crippen LogP) is 3.57. The fourth-order valence-corrected chi connectivity index (χ4v) is 1.36. The Hall–Kier alpha value is -1.10. The molecule has 0 aromatic heterocycles. The number of carbonyl (C=O) groups excluding carboxylic acids is 1. The van der Waals surface area contributed by atoms with E-state index in [9.17, 15) is 22.4 Å². The summed E-state index contributed by atoms with van der Waals surface area (Å²) >= 11 is 5.16. The lowest BCUT2D eigenvalue weighted by Gasteiger charge is -2.12. The zero-order valence-electron chi connectivity index (χ0n) is 8.16. The number of benzene rings is 1. The van der Waals surface area contributed by atoms with Crippen LogP contribution < -0.4 is 0 Å². The first-order valence-electron chi connectivity index (χ1n) is 4.24. The second kappa shape index (κ2) is 4.41. The van der Waals surface area contributed by atoms with Crippen LogP contribution in [0.2, 0.25) is 0 Å². The Morgan fingerprint density at radius 1 is 1.38 bits per heavy atom. The second-order valence-electron chi connectivity index (χ2n) is 3.20. The molecule has 0 saturated carbocycles. The fraction of sp³-hybridized carbons (Fsp3) is 0.300. The molecule has 0 fully saturated rings. The van der Waals surface area contributed by atoms with Gasteiger partial charge in [-0.05, 0) is 24.6 Å². The summed E-state index contributed by atoms with van der Waals surface area (Å²) in [5, 5.41) is 0. The molecule has 0 aliphatic rings. The molecular formula is C10H7ClF4O. The van der Waals surface area contributed by atoms with Crippen molar-refractivity contribution in [3.8, 4) is 0 Å². The first kappa shape index (κ1) is 13.0. The number of rotatable bonds is 2. The maximum Gasteiger partial charge on any atom is 0.417 e. The Kier molecular flexibility index (Phi) is 3.57. The molecule has 0 aliphatic carbocycles. The molecule has 0 aliphatic heterocycles. The maximum atomic E-state index is 13.1. The molecule has 88 valence electrons. The monoisotopic (exact) mass is 254 g/mol. The molecule has 0 spiro atoms. The van der Waals surface area contributed by atoms with E-state index < -0.39 is 34.8 Å². The van der Waals surface area contributed by atoms with E-state index in [1.165, 1.54) is 6.92 Å². The third kappa shape index (κ3) is 2.52. The first-order valence-corrected chi connectivity index (χ1v) is 4.77. The minimum absolute atomic E-state index is 0.168. The number of hydrogen-bond acceptors (Lipinski definition) is 1. The molecule has 0 bridgehead atoms. The van der Waals surface area contributed by atoms with Gasteiger partial charge in [-0.3, -0.25) is 4.79 Å². The summed E-state index contributed by atoms with van der Waals surface area (Å²) in [5.41, 5.74) is -2.05. The molecule has 1 aromatic rings. The van der Waals surface area contributed by atoms with Crippen LogP contribution in [0.3, 0.4) is 0 Å². The van der Waals surface area contributed by atoms with Crippen molar-refractivity contribution in [2.75, 3.05) is 5.88 Å². The Morgan fingerprint density at radius 2 is 1.94 bits per heavy atom. The average molecular weight is 255 g/mol. The van der Waals surface area contributed by atoms with Gasteiger partial charge in [-0.25, -0.2) is 4.39 Å². The van der Waals surface area contributed by atoms with Crippen molar-refractivity contribution in [2.24, 2.45) is 0 Å². The fourth-order valence-electron chi connectivity index (χ4n) is 1.22. The van der Waals surface area contributed by atoms with Crippen LogP contribution in [0.15, 0.2) is 12.1 Å². The molecule has 0 amide bonds. The van der Waals surface area contributed by atoms with Gasteiger partial charge in [0, 0.05) is 5.56 Å². The molecule has 0 atom stereocenters. The highest BCUT2D eigenvalue weighted by molar-refractivity contribution is 6.30. The lowest BCUT2D eigenvalue weighted by molar-refractivity contribution is -0.138. The zero-order chi connectivity index (χ0) is 12.5. The van der Waals surface area contributed by atoms with Gasteiger partial charge in [0.1, 0.15) is 5.82 Å². The molecule has 0 heterocycles. The quantitative estimate of drug-likeness (QED) is 0.448. The number of Topliss-reactive ketones (excluding diaryl/α,β-unsaturated/α-hetero) is 1. The van der Waals surface area contributed by atoms with Gasteiger partial charge in [-0.15, -0.1) is 11.6 Å². The highest BCUT2D eigenvalue weighted by Gasteiger charge is 2.35. The van der Waals surface area contributed by atoms with Crippen LogP contribution in [0.4, 0.5) is 17.6 Å². The summed E-state index contributed by atoms with van der Waals surface area (Å²) in [6, 6.07) is 1.18. The van der Waals surface area contributed by atoms with Crippen molar-refractivity contribution in [1.29, 1.82) is 0 Å². The van der Waals surface area contributed by atoms with Gasteiger partial charge in [0.15, 0.2) is 5.78 Å². The number of aryl methyl sites for hydroxylation is 1. The molecule has 1 nitrogen and oxygen atoms in total. The molecule has 0 unspecified atom stereocenters. The third-order valence-electron chi connectivity index (χ3n) is 2.03. The second-order valence-corrected chi connectivity index (χ2v) is 3.47. The predicted molar refractivity (Wildman–Crippen MR) is 51.2 cm³/mol. The maximum absolute atomic E-state index is 13.1. The summed E-state index contributed by atoms with van der Waals surface area (Å²) < 4.78 is 50.7. The molecule has 1 aromatic carbocycles. The smallest absolute Gasteiger partial charge is 0.293 e. The van der Waals surface area contributed by atoms with Crippen molar-refractivity contribution < 1.29 is 22.4 Å². The standard InChI is InChI=1S/C10H7ClF4O/c1-5-2-7(10(13,14)15)6(3-8(5)12)9(16)4-11/h2-3H,4H2,1H3. The first-order chi connectivity index (χ1) is 7.27. The molecular weight excluding hydrogens is 248 g/mol. The van der Waals surface area contributed by atoms with Crippen molar-refractivity contribution >= 4 is 17.4 Å². The van der Waals surface area contributed by atoms with Crippen LogP contribution in [0, 0.1) is 12.7 Å². The molecule has 6 heteroatoms.